The number of carbonyl (C=O) groups excluding carboxylic acids is 1. The molecule has 0 spiro atoms. The molecule has 1 aromatic rings. The topological polar surface area (TPSA) is 84.2 Å². The Bertz CT molecular complexity index is 389. The van der Waals surface area contributed by atoms with Crippen molar-refractivity contribution in [2.45, 2.75) is 39.3 Å². The summed E-state index contributed by atoms with van der Waals surface area (Å²) < 4.78 is 1.64. The van der Waals surface area contributed by atoms with E-state index in [0.29, 0.717) is 13.0 Å². The Morgan fingerprint density at radius 3 is 2.72 bits per heavy atom. The number of amides is 1. The molecule has 1 unspecified atom stereocenters. The smallest absolute Gasteiger partial charge is 0.326 e. The van der Waals surface area contributed by atoms with Gasteiger partial charge in [0.2, 0.25) is 5.91 Å². The van der Waals surface area contributed by atoms with Crippen LogP contribution in [-0.2, 0) is 16.1 Å². The first-order valence-corrected chi connectivity index (χ1v) is 6.04. The molecule has 100 valence electrons. The fraction of sp³-hybridized carbons (Fsp3) is 0.583. The number of hydrogen-bond donors (Lipinski definition) is 2. The predicted octanol–water partition coefficient (Wildman–Crippen LogP) is 0.889. The maximum Gasteiger partial charge on any atom is 0.326 e. The minimum absolute atomic E-state index is 0.0869. The molecule has 6 nitrogen and oxygen atoms in total. The van der Waals surface area contributed by atoms with Crippen molar-refractivity contribution in [3.8, 4) is 0 Å². The minimum Gasteiger partial charge on any atom is -0.480 e. The van der Waals surface area contributed by atoms with E-state index in [1.807, 2.05) is 13.8 Å². The number of aryl methyl sites for hydroxylation is 1. The highest BCUT2D eigenvalue weighted by Gasteiger charge is 2.24. The molecule has 1 aromatic heterocycles. The van der Waals surface area contributed by atoms with Crippen LogP contribution in [0.3, 0.4) is 0 Å². The molecule has 0 fully saturated rings. The zero-order chi connectivity index (χ0) is 13.5. The highest BCUT2D eigenvalue weighted by atomic mass is 16.4. The second kappa shape index (κ2) is 6.78. The summed E-state index contributed by atoms with van der Waals surface area (Å²) in [5.41, 5.74) is 0. The minimum atomic E-state index is -0.989. The number of rotatable bonds is 7. The number of carbonyl (C=O) groups is 2. The summed E-state index contributed by atoms with van der Waals surface area (Å²) in [4.78, 5) is 22.7. The normalized spacial score (nSPS) is 13.9. The number of carboxylic acids is 1. The summed E-state index contributed by atoms with van der Waals surface area (Å²) in [6.45, 7) is 4.16. The molecule has 0 saturated carbocycles. The molecular weight excluding hydrogens is 234 g/mol. The SMILES string of the molecule is CCC(C)[C@H](NC(=O)CCn1cccn1)C(=O)O. The van der Waals surface area contributed by atoms with Gasteiger partial charge in [-0.05, 0) is 12.0 Å². The second-order valence-electron chi connectivity index (χ2n) is 4.29. The van der Waals surface area contributed by atoms with Crippen LogP contribution < -0.4 is 5.32 Å². The third kappa shape index (κ3) is 4.20. The summed E-state index contributed by atoms with van der Waals surface area (Å²) in [5.74, 6) is -1.34. The largest absolute Gasteiger partial charge is 0.480 e. The molecule has 1 amide bonds. The quantitative estimate of drug-likeness (QED) is 0.755. The van der Waals surface area contributed by atoms with Gasteiger partial charge in [0, 0.05) is 25.4 Å². The van der Waals surface area contributed by atoms with E-state index in [2.05, 4.69) is 10.4 Å². The molecule has 0 saturated heterocycles. The average Bonchev–Trinajstić information content (AvgIpc) is 2.85. The third-order valence-corrected chi connectivity index (χ3v) is 2.92. The molecule has 0 aliphatic carbocycles. The monoisotopic (exact) mass is 253 g/mol. The fourth-order valence-corrected chi connectivity index (χ4v) is 1.58. The number of nitrogens with one attached hydrogen (secondary N) is 1. The summed E-state index contributed by atoms with van der Waals surface area (Å²) in [6.07, 6.45) is 4.33. The summed E-state index contributed by atoms with van der Waals surface area (Å²) in [6, 6.07) is 0.956. The lowest BCUT2D eigenvalue weighted by Gasteiger charge is -2.20. The van der Waals surface area contributed by atoms with Gasteiger partial charge in [-0.2, -0.15) is 5.10 Å². The van der Waals surface area contributed by atoms with Crippen molar-refractivity contribution < 1.29 is 14.7 Å². The molecule has 0 aliphatic rings. The Morgan fingerprint density at radius 1 is 1.50 bits per heavy atom. The van der Waals surface area contributed by atoms with Crippen LogP contribution in [0.4, 0.5) is 0 Å². The van der Waals surface area contributed by atoms with E-state index in [-0.39, 0.29) is 18.2 Å². The molecule has 18 heavy (non-hydrogen) atoms. The van der Waals surface area contributed by atoms with E-state index in [9.17, 15) is 9.59 Å². The standard InChI is InChI=1S/C12H19N3O3/c1-3-9(2)11(12(17)18)14-10(16)5-8-15-7-4-6-13-15/h4,6-7,9,11H,3,5,8H2,1-2H3,(H,14,16)(H,17,18)/t9?,11-/m0/s1. The van der Waals surface area contributed by atoms with Gasteiger partial charge in [0.05, 0.1) is 0 Å². The van der Waals surface area contributed by atoms with Crippen LogP contribution in [0.1, 0.15) is 26.7 Å². The van der Waals surface area contributed by atoms with Crippen LogP contribution in [0.5, 0.6) is 0 Å². The molecule has 2 atom stereocenters. The molecule has 0 aromatic carbocycles. The van der Waals surface area contributed by atoms with Crippen LogP contribution in [-0.4, -0.2) is 32.8 Å². The van der Waals surface area contributed by atoms with Crippen LogP contribution in [0.2, 0.25) is 0 Å². The van der Waals surface area contributed by atoms with Crippen molar-refractivity contribution in [3.05, 3.63) is 18.5 Å². The van der Waals surface area contributed by atoms with E-state index in [1.54, 1.807) is 23.1 Å². The lowest BCUT2D eigenvalue weighted by molar-refractivity contribution is -0.143. The van der Waals surface area contributed by atoms with Gasteiger partial charge in [-0.15, -0.1) is 0 Å². The van der Waals surface area contributed by atoms with Gasteiger partial charge in [-0.25, -0.2) is 4.79 Å². The summed E-state index contributed by atoms with van der Waals surface area (Å²) in [7, 11) is 0. The maximum absolute atomic E-state index is 11.7. The first-order valence-electron chi connectivity index (χ1n) is 6.04. The van der Waals surface area contributed by atoms with E-state index >= 15 is 0 Å². The molecule has 1 rings (SSSR count). The van der Waals surface area contributed by atoms with Crippen molar-refractivity contribution in [2.24, 2.45) is 5.92 Å². The average molecular weight is 253 g/mol. The number of carboxylic acid groups (broad SMARTS) is 1. The number of aromatic nitrogens is 2. The summed E-state index contributed by atoms with van der Waals surface area (Å²) in [5, 5.41) is 15.6. The van der Waals surface area contributed by atoms with Crippen molar-refractivity contribution in [2.75, 3.05) is 0 Å². The molecule has 0 bridgehead atoms. The lowest BCUT2D eigenvalue weighted by atomic mass is 9.99. The van der Waals surface area contributed by atoms with Crippen LogP contribution >= 0.6 is 0 Å². The first-order chi connectivity index (χ1) is 8.54. The molecule has 1 heterocycles. The van der Waals surface area contributed by atoms with E-state index in [0.717, 1.165) is 0 Å². The summed E-state index contributed by atoms with van der Waals surface area (Å²) >= 11 is 0. The number of aliphatic carboxylic acids is 1. The lowest BCUT2D eigenvalue weighted by Crippen LogP contribution is -2.45. The Hall–Kier alpha value is -1.85. The van der Waals surface area contributed by atoms with Crippen LogP contribution in [0.15, 0.2) is 18.5 Å². The van der Waals surface area contributed by atoms with Crippen molar-refractivity contribution in [1.82, 2.24) is 15.1 Å². The Labute approximate surface area is 106 Å². The van der Waals surface area contributed by atoms with Crippen molar-refractivity contribution in [3.63, 3.8) is 0 Å². The van der Waals surface area contributed by atoms with Gasteiger partial charge in [-0.1, -0.05) is 20.3 Å². The zero-order valence-electron chi connectivity index (χ0n) is 10.7. The van der Waals surface area contributed by atoms with Crippen molar-refractivity contribution >= 4 is 11.9 Å². The van der Waals surface area contributed by atoms with E-state index in [4.69, 9.17) is 5.11 Å². The molecule has 0 aliphatic heterocycles. The van der Waals surface area contributed by atoms with Gasteiger partial charge < -0.3 is 10.4 Å². The fourth-order valence-electron chi connectivity index (χ4n) is 1.58. The number of nitrogens with zero attached hydrogens (tertiary/aromatic N) is 2. The number of hydrogen-bond acceptors (Lipinski definition) is 3. The van der Waals surface area contributed by atoms with Gasteiger partial charge in [0.25, 0.3) is 0 Å². The predicted molar refractivity (Wildman–Crippen MR) is 65.9 cm³/mol. The molecule has 2 N–H and O–H groups in total. The van der Waals surface area contributed by atoms with Gasteiger partial charge >= 0.3 is 5.97 Å². The molecule has 6 heteroatoms. The maximum atomic E-state index is 11.7. The van der Waals surface area contributed by atoms with Gasteiger partial charge in [-0.3, -0.25) is 9.48 Å². The highest BCUT2D eigenvalue weighted by molar-refractivity contribution is 5.83. The zero-order valence-corrected chi connectivity index (χ0v) is 10.7. The second-order valence-corrected chi connectivity index (χ2v) is 4.29. The Balaban J connectivity index is 2.44. The molecule has 0 radical (unpaired) electrons. The van der Waals surface area contributed by atoms with Gasteiger partial charge in [0.15, 0.2) is 0 Å². The third-order valence-electron chi connectivity index (χ3n) is 2.92. The van der Waals surface area contributed by atoms with Crippen LogP contribution in [0.25, 0.3) is 0 Å². The van der Waals surface area contributed by atoms with Gasteiger partial charge in [0.1, 0.15) is 6.04 Å². The Morgan fingerprint density at radius 2 is 2.22 bits per heavy atom. The molecular formula is C12H19N3O3. The van der Waals surface area contributed by atoms with Crippen molar-refractivity contribution in [1.29, 1.82) is 0 Å². The van der Waals surface area contributed by atoms with E-state index in [1.165, 1.54) is 0 Å². The highest BCUT2D eigenvalue weighted by Crippen LogP contribution is 2.08. The van der Waals surface area contributed by atoms with E-state index < -0.39 is 12.0 Å². The first kappa shape index (κ1) is 14.2. The Kier molecular flexibility index (Phi) is 5.35. The van der Waals surface area contributed by atoms with Crippen LogP contribution in [0, 0.1) is 5.92 Å².